The van der Waals surface area contributed by atoms with E-state index in [-0.39, 0.29) is 17.5 Å². The first-order valence-corrected chi connectivity index (χ1v) is 12.1. The Morgan fingerprint density at radius 3 is 2.45 bits per heavy atom. The molecule has 0 radical (unpaired) electrons. The summed E-state index contributed by atoms with van der Waals surface area (Å²) in [6.45, 7) is 5.48. The van der Waals surface area contributed by atoms with E-state index in [1.807, 2.05) is 0 Å². The van der Waals surface area contributed by atoms with E-state index < -0.39 is 21.1 Å². The van der Waals surface area contributed by atoms with Gasteiger partial charge in [-0.25, -0.2) is 17.5 Å². The van der Waals surface area contributed by atoms with Crippen molar-refractivity contribution in [3.8, 4) is 0 Å². The number of carbonyl (C=O) groups excluding carboxylic acids is 1. The summed E-state index contributed by atoms with van der Waals surface area (Å²) in [5, 5.41) is 2.91. The smallest absolute Gasteiger partial charge is 0.256 e. The molecule has 2 fully saturated rings. The molecule has 1 saturated carbocycles. The molecule has 0 aromatic heterocycles. The number of halogens is 1. The molecule has 0 bridgehead atoms. The molecule has 1 aliphatic heterocycles. The summed E-state index contributed by atoms with van der Waals surface area (Å²) in [4.78, 5) is 14.2. The average molecular weight is 426 g/mol. The van der Waals surface area contributed by atoms with E-state index in [9.17, 15) is 17.6 Å². The molecule has 2 N–H and O–H groups in total. The maximum Gasteiger partial charge on any atom is 0.256 e. The maximum absolute atomic E-state index is 14.2. The average Bonchev–Trinajstić information content (AvgIpc) is 3.22. The minimum Gasteiger partial charge on any atom is -0.385 e. The molecule has 162 valence electrons. The van der Waals surface area contributed by atoms with E-state index in [4.69, 9.17) is 0 Å². The number of anilines is 1. The van der Waals surface area contributed by atoms with Crippen molar-refractivity contribution in [1.29, 1.82) is 0 Å². The van der Waals surface area contributed by atoms with Crippen molar-refractivity contribution in [3.63, 3.8) is 0 Å². The summed E-state index contributed by atoms with van der Waals surface area (Å²) < 4.78 is 41.0. The molecule has 6 nitrogen and oxygen atoms in total. The second kappa shape index (κ2) is 9.43. The number of nitrogens with one attached hydrogen (secondary N) is 2. The van der Waals surface area contributed by atoms with E-state index in [0.717, 1.165) is 50.8 Å². The van der Waals surface area contributed by atoms with Crippen LogP contribution in [0.3, 0.4) is 0 Å². The van der Waals surface area contributed by atoms with Gasteiger partial charge in [0, 0.05) is 31.4 Å². The van der Waals surface area contributed by atoms with Crippen LogP contribution in [0.5, 0.6) is 0 Å². The number of nitrogens with zero attached hydrogens (tertiary/aromatic N) is 1. The zero-order valence-corrected chi connectivity index (χ0v) is 18.1. The van der Waals surface area contributed by atoms with Gasteiger partial charge in [-0.1, -0.05) is 0 Å². The van der Waals surface area contributed by atoms with Gasteiger partial charge in [0.05, 0.1) is 10.8 Å². The van der Waals surface area contributed by atoms with E-state index in [0.29, 0.717) is 19.0 Å². The minimum atomic E-state index is -3.23. The van der Waals surface area contributed by atoms with E-state index in [1.165, 1.54) is 6.07 Å². The lowest BCUT2D eigenvalue weighted by Gasteiger charge is -2.29. The lowest BCUT2D eigenvalue weighted by Crippen LogP contribution is -2.41. The third-order valence-electron chi connectivity index (χ3n) is 5.98. The Kier molecular flexibility index (Phi) is 7.16. The molecule has 2 aliphatic rings. The van der Waals surface area contributed by atoms with Crippen LogP contribution in [0.1, 0.15) is 62.7 Å². The maximum atomic E-state index is 14.2. The highest BCUT2D eigenvalue weighted by Crippen LogP contribution is 2.26. The predicted molar refractivity (Wildman–Crippen MR) is 113 cm³/mol. The second-order valence-electron chi connectivity index (χ2n) is 8.50. The lowest BCUT2D eigenvalue weighted by atomic mass is 9.86. The van der Waals surface area contributed by atoms with Gasteiger partial charge in [-0.05, 0) is 76.5 Å². The molecule has 0 atom stereocenters. The van der Waals surface area contributed by atoms with Gasteiger partial charge in [-0.2, -0.15) is 0 Å². The molecule has 1 aliphatic carbocycles. The number of sulfonamides is 1. The molecular weight excluding hydrogens is 393 g/mol. The number of carbonyl (C=O) groups is 1. The minimum absolute atomic E-state index is 0.00848. The highest BCUT2D eigenvalue weighted by molar-refractivity contribution is 7.90. The molecule has 29 heavy (non-hydrogen) atoms. The quantitative estimate of drug-likeness (QED) is 0.702. The predicted octanol–water partition coefficient (Wildman–Crippen LogP) is 3.36. The zero-order valence-electron chi connectivity index (χ0n) is 17.3. The molecule has 1 amide bonds. The first kappa shape index (κ1) is 22.0. The van der Waals surface area contributed by atoms with Crippen molar-refractivity contribution in [3.05, 3.63) is 29.6 Å². The third-order valence-corrected chi connectivity index (χ3v) is 7.89. The zero-order chi connectivity index (χ0) is 21.0. The second-order valence-corrected chi connectivity index (χ2v) is 10.8. The fraction of sp³-hybridized carbons (Fsp3) is 0.667. The highest BCUT2D eigenvalue weighted by atomic mass is 32.2. The molecule has 0 spiro atoms. The molecule has 1 heterocycles. The Bertz CT molecular complexity index is 814. The topological polar surface area (TPSA) is 78.5 Å². The number of amides is 1. The summed E-state index contributed by atoms with van der Waals surface area (Å²) in [5.41, 5.74) is 0.875. The molecule has 3 rings (SSSR count). The van der Waals surface area contributed by atoms with Crippen molar-refractivity contribution < 1.29 is 17.6 Å². The van der Waals surface area contributed by atoms with Gasteiger partial charge in [0.2, 0.25) is 10.0 Å². The van der Waals surface area contributed by atoms with Crippen LogP contribution in [0.25, 0.3) is 0 Å². The van der Waals surface area contributed by atoms with Crippen molar-refractivity contribution in [1.82, 2.24) is 9.62 Å². The van der Waals surface area contributed by atoms with Crippen molar-refractivity contribution in [2.75, 3.05) is 25.0 Å². The van der Waals surface area contributed by atoms with E-state index >= 15 is 0 Å². The molecule has 1 saturated heterocycles. The molecule has 1 aromatic rings. The van der Waals surface area contributed by atoms with Gasteiger partial charge >= 0.3 is 0 Å². The number of hydrogen-bond acceptors (Lipinski definition) is 4. The van der Waals surface area contributed by atoms with Crippen LogP contribution >= 0.6 is 0 Å². The van der Waals surface area contributed by atoms with E-state index in [2.05, 4.69) is 10.0 Å². The van der Waals surface area contributed by atoms with Crippen LogP contribution in [0.4, 0.5) is 10.1 Å². The first-order chi connectivity index (χ1) is 13.8. The number of likely N-dealkylation sites (tertiary alicyclic amines) is 1. The van der Waals surface area contributed by atoms with Gasteiger partial charge in [0.1, 0.15) is 5.82 Å². The fourth-order valence-corrected chi connectivity index (χ4v) is 4.98. The summed E-state index contributed by atoms with van der Waals surface area (Å²) >= 11 is 0. The lowest BCUT2D eigenvalue weighted by molar-refractivity contribution is 0.0788. The molecule has 1 aromatic carbocycles. The highest BCUT2D eigenvalue weighted by Gasteiger charge is 2.26. The first-order valence-electron chi connectivity index (χ1n) is 10.6. The summed E-state index contributed by atoms with van der Waals surface area (Å²) in [5.74, 6) is -0.287. The van der Waals surface area contributed by atoms with Crippen LogP contribution in [0.15, 0.2) is 18.2 Å². The normalized spacial score (nSPS) is 22.8. The fourth-order valence-electron chi connectivity index (χ4n) is 4.00. The van der Waals surface area contributed by atoms with Crippen LogP contribution in [0, 0.1) is 11.7 Å². The Labute approximate surface area is 173 Å². The van der Waals surface area contributed by atoms with E-state index in [1.54, 1.807) is 30.9 Å². The summed E-state index contributed by atoms with van der Waals surface area (Å²) in [6, 6.07) is 4.63. The monoisotopic (exact) mass is 425 g/mol. The van der Waals surface area contributed by atoms with Crippen molar-refractivity contribution in [2.45, 2.75) is 63.7 Å². The number of benzene rings is 1. The largest absolute Gasteiger partial charge is 0.385 e. The number of hydrogen-bond donors (Lipinski definition) is 2. The van der Waals surface area contributed by atoms with Crippen LogP contribution in [-0.4, -0.2) is 50.2 Å². The van der Waals surface area contributed by atoms with Crippen LogP contribution in [-0.2, 0) is 10.0 Å². The van der Waals surface area contributed by atoms with Crippen molar-refractivity contribution >= 4 is 21.6 Å². The Balaban J connectivity index is 1.51. The summed E-state index contributed by atoms with van der Waals surface area (Å²) in [7, 11) is -3.23. The Morgan fingerprint density at radius 2 is 1.83 bits per heavy atom. The van der Waals surface area contributed by atoms with Gasteiger partial charge in [-0.15, -0.1) is 0 Å². The summed E-state index contributed by atoms with van der Waals surface area (Å²) in [6.07, 6.45) is 5.45. The van der Waals surface area contributed by atoms with Gasteiger partial charge in [-0.3, -0.25) is 4.79 Å². The molecule has 8 heteroatoms. The van der Waals surface area contributed by atoms with Crippen LogP contribution in [0.2, 0.25) is 0 Å². The van der Waals surface area contributed by atoms with Crippen molar-refractivity contribution in [2.24, 2.45) is 5.92 Å². The van der Waals surface area contributed by atoms with Gasteiger partial charge < -0.3 is 10.2 Å². The SMILES string of the molecule is CC(C)S(=O)(=O)N[C@H]1CC[C@H](CNc2ccc(F)c(C(=O)N3CCCC3)c2)CC1. The van der Waals surface area contributed by atoms with Crippen LogP contribution < -0.4 is 10.0 Å². The molecular formula is C21H32FN3O3S. The van der Waals surface area contributed by atoms with Gasteiger partial charge in [0.15, 0.2) is 0 Å². The van der Waals surface area contributed by atoms with Gasteiger partial charge in [0.25, 0.3) is 5.91 Å². The Morgan fingerprint density at radius 1 is 1.17 bits per heavy atom. The third kappa shape index (κ3) is 5.69. The molecule has 0 unspecified atom stereocenters. The number of rotatable bonds is 7. The Hall–Kier alpha value is -1.67. The standard InChI is InChI=1S/C21H32FN3O3S/c1-15(2)29(27,28)24-17-7-5-16(6-8-17)14-23-18-9-10-20(22)19(13-18)21(26)25-11-3-4-12-25/h9-10,13,15-17,23-24H,3-8,11-12,14H2,1-2H3/t16-,17-.